The first-order valence-corrected chi connectivity index (χ1v) is 8.53. The largest absolute Gasteiger partial charge is 0.360 e. The molecule has 1 aliphatic rings. The molecule has 0 bridgehead atoms. The van der Waals surface area contributed by atoms with E-state index in [0.29, 0.717) is 23.5 Å². The number of halogens is 1. The number of anilines is 1. The predicted octanol–water partition coefficient (Wildman–Crippen LogP) is -1.01. The van der Waals surface area contributed by atoms with E-state index >= 15 is 0 Å². The van der Waals surface area contributed by atoms with E-state index in [1.54, 1.807) is 19.2 Å². The minimum atomic E-state index is -0.471. The van der Waals surface area contributed by atoms with Crippen LogP contribution in [0.4, 0.5) is 10.1 Å². The third-order valence-electron chi connectivity index (χ3n) is 4.88. The second-order valence-electron chi connectivity index (χ2n) is 6.59. The van der Waals surface area contributed by atoms with Gasteiger partial charge in [0.1, 0.15) is 17.9 Å². The average Bonchev–Trinajstić information content (AvgIpc) is 3.06. The van der Waals surface area contributed by atoms with Crippen molar-refractivity contribution in [2.45, 2.75) is 6.54 Å². The number of H-pyrrole nitrogens is 2. The molecule has 0 unspecified atom stereocenters. The first-order chi connectivity index (χ1) is 12.5. The fourth-order valence-electron chi connectivity index (χ4n) is 3.38. The van der Waals surface area contributed by atoms with Gasteiger partial charge in [0.15, 0.2) is 11.5 Å². The molecule has 8 nitrogen and oxygen atoms in total. The van der Waals surface area contributed by atoms with E-state index in [2.05, 4.69) is 19.9 Å². The zero-order valence-electron chi connectivity index (χ0n) is 14.4. The van der Waals surface area contributed by atoms with E-state index in [-0.39, 0.29) is 5.82 Å². The van der Waals surface area contributed by atoms with Gasteiger partial charge in [-0.15, -0.1) is 0 Å². The Morgan fingerprint density at radius 1 is 1.15 bits per heavy atom. The highest BCUT2D eigenvalue weighted by atomic mass is 19.1. The Bertz CT molecular complexity index is 1040. The number of aryl methyl sites for hydroxylation is 1. The number of imidazole rings is 1. The molecule has 0 atom stereocenters. The van der Waals surface area contributed by atoms with Crippen molar-refractivity contribution in [1.82, 2.24) is 19.5 Å². The second kappa shape index (κ2) is 6.41. The van der Waals surface area contributed by atoms with E-state index in [4.69, 9.17) is 0 Å². The lowest BCUT2D eigenvalue weighted by Crippen LogP contribution is -3.13. The summed E-state index contributed by atoms with van der Waals surface area (Å²) < 4.78 is 14.4. The minimum Gasteiger partial charge on any atom is -0.360 e. The second-order valence-corrected chi connectivity index (χ2v) is 6.59. The number of fused-ring (bicyclic) bond motifs is 1. The maximum Gasteiger partial charge on any atom is 0.329 e. The van der Waals surface area contributed by atoms with Crippen molar-refractivity contribution in [2.24, 2.45) is 7.05 Å². The highest BCUT2D eigenvalue weighted by molar-refractivity contribution is 5.69. The first kappa shape index (κ1) is 16.5. The van der Waals surface area contributed by atoms with Crippen LogP contribution in [0.25, 0.3) is 11.2 Å². The Morgan fingerprint density at radius 3 is 2.54 bits per heavy atom. The maximum absolute atomic E-state index is 13.0. The molecule has 0 spiro atoms. The molecule has 1 aliphatic heterocycles. The topological polar surface area (TPSA) is 91.2 Å². The number of aromatic nitrogens is 4. The van der Waals surface area contributed by atoms with Crippen molar-refractivity contribution in [3.8, 4) is 0 Å². The number of benzene rings is 1. The molecule has 9 heteroatoms. The summed E-state index contributed by atoms with van der Waals surface area (Å²) in [4.78, 5) is 36.9. The van der Waals surface area contributed by atoms with Gasteiger partial charge in [-0.2, -0.15) is 0 Å². The standard InChI is InChI=1S/C17H19FN6O2/c1-22-15-14(16(25)21-17(22)26)19-13(20-15)10-23-6-8-24(9-7-23)12-4-2-11(18)3-5-12/h2-5H,6-10H2,1H3,(H,19,20)(H,21,25,26)/p+1. The van der Waals surface area contributed by atoms with Crippen LogP contribution in [0.5, 0.6) is 0 Å². The lowest BCUT2D eigenvalue weighted by atomic mass is 10.2. The number of nitrogens with one attached hydrogen (secondary N) is 3. The number of hydrogen-bond donors (Lipinski definition) is 3. The van der Waals surface area contributed by atoms with Crippen LogP contribution < -0.4 is 21.0 Å². The lowest BCUT2D eigenvalue weighted by Gasteiger charge is -2.33. The highest BCUT2D eigenvalue weighted by Crippen LogP contribution is 2.14. The predicted molar refractivity (Wildman–Crippen MR) is 95.0 cm³/mol. The highest BCUT2D eigenvalue weighted by Gasteiger charge is 2.22. The maximum atomic E-state index is 13.0. The van der Waals surface area contributed by atoms with Gasteiger partial charge in [-0.3, -0.25) is 14.3 Å². The Labute approximate surface area is 147 Å². The molecule has 0 saturated carbocycles. The van der Waals surface area contributed by atoms with E-state index < -0.39 is 11.2 Å². The minimum absolute atomic E-state index is 0.229. The Morgan fingerprint density at radius 2 is 1.85 bits per heavy atom. The quantitative estimate of drug-likeness (QED) is 0.559. The number of quaternary nitrogens is 1. The molecule has 3 aromatic rings. The summed E-state index contributed by atoms with van der Waals surface area (Å²) in [7, 11) is 1.58. The molecular weight excluding hydrogens is 339 g/mol. The van der Waals surface area contributed by atoms with Gasteiger partial charge in [0.25, 0.3) is 5.56 Å². The molecule has 4 rings (SSSR count). The van der Waals surface area contributed by atoms with Crippen molar-refractivity contribution >= 4 is 16.9 Å². The van der Waals surface area contributed by atoms with E-state index in [0.717, 1.165) is 31.9 Å². The van der Waals surface area contributed by atoms with Gasteiger partial charge in [-0.25, -0.2) is 14.2 Å². The summed E-state index contributed by atoms with van der Waals surface area (Å²) in [6.07, 6.45) is 0. The molecule has 136 valence electrons. The van der Waals surface area contributed by atoms with Gasteiger partial charge in [-0.1, -0.05) is 0 Å². The third kappa shape index (κ3) is 3.01. The van der Waals surface area contributed by atoms with E-state index in [1.165, 1.54) is 21.6 Å². The van der Waals surface area contributed by atoms with Gasteiger partial charge >= 0.3 is 5.69 Å². The van der Waals surface area contributed by atoms with Gasteiger partial charge in [0.2, 0.25) is 0 Å². The van der Waals surface area contributed by atoms with Crippen LogP contribution in [-0.2, 0) is 13.6 Å². The molecular formula is C17H20FN6O2+. The van der Waals surface area contributed by atoms with Crippen molar-refractivity contribution in [3.63, 3.8) is 0 Å². The average molecular weight is 359 g/mol. The van der Waals surface area contributed by atoms with Crippen LogP contribution in [0.3, 0.4) is 0 Å². The fraction of sp³-hybridized carbons (Fsp3) is 0.353. The number of aromatic amines is 2. The van der Waals surface area contributed by atoms with E-state index in [9.17, 15) is 14.0 Å². The Balaban J connectivity index is 1.46. The summed E-state index contributed by atoms with van der Waals surface area (Å²) in [5.41, 5.74) is 0.805. The summed E-state index contributed by atoms with van der Waals surface area (Å²) in [5, 5.41) is 0. The SMILES string of the molecule is Cn1c(=O)[nH]c(=O)c2[nH]c(C[NH+]3CCN(c4ccc(F)cc4)CC3)nc21. The summed E-state index contributed by atoms with van der Waals surface area (Å²) in [6, 6.07) is 6.55. The van der Waals surface area contributed by atoms with Crippen LogP contribution in [0.15, 0.2) is 33.9 Å². The van der Waals surface area contributed by atoms with Crippen LogP contribution in [0.1, 0.15) is 5.82 Å². The number of rotatable bonds is 3. The summed E-state index contributed by atoms with van der Waals surface area (Å²) >= 11 is 0. The van der Waals surface area contributed by atoms with E-state index in [1.807, 2.05) is 0 Å². The first-order valence-electron chi connectivity index (χ1n) is 8.53. The number of piperazine rings is 1. The molecule has 1 fully saturated rings. The lowest BCUT2D eigenvalue weighted by molar-refractivity contribution is -0.914. The zero-order valence-corrected chi connectivity index (χ0v) is 14.4. The van der Waals surface area contributed by atoms with Crippen molar-refractivity contribution in [2.75, 3.05) is 31.1 Å². The van der Waals surface area contributed by atoms with Gasteiger partial charge in [0.05, 0.1) is 26.2 Å². The van der Waals surface area contributed by atoms with Crippen molar-refractivity contribution < 1.29 is 9.29 Å². The van der Waals surface area contributed by atoms with Crippen molar-refractivity contribution in [1.29, 1.82) is 0 Å². The van der Waals surface area contributed by atoms with Gasteiger partial charge in [-0.05, 0) is 24.3 Å². The molecule has 0 aliphatic carbocycles. The summed E-state index contributed by atoms with van der Waals surface area (Å²) in [5.74, 6) is 0.462. The monoisotopic (exact) mass is 359 g/mol. The zero-order chi connectivity index (χ0) is 18.3. The van der Waals surface area contributed by atoms with Crippen LogP contribution in [0, 0.1) is 5.82 Å². The van der Waals surface area contributed by atoms with Gasteiger partial charge in [0, 0.05) is 12.7 Å². The third-order valence-corrected chi connectivity index (χ3v) is 4.88. The Kier molecular flexibility index (Phi) is 4.08. The fourth-order valence-corrected chi connectivity index (χ4v) is 3.38. The molecule has 1 saturated heterocycles. The van der Waals surface area contributed by atoms with Gasteiger partial charge < -0.3 is 14.8 Å². The molecule has 3 heterocycles. The van der Waals surface area contributed by atoms with Crippen molar-refractivity contribution in [3.05, 3.63) is 56.7 Å². The van der Waals surface area contributed by atoms with Crippen LogP contribution >= 0.6 is 0 Å². The van der Waals surface area contributed by atoms with Crippen LogP contribution in [0.2, 0.25) is 0 Å². The summed E-state index contributed by atoms with van der Waals surface area (Å²) in [6.45, 7) is 4.19. The molecule has 1 aromatic carbocycles. The molecule has 0 amide bonds. The number of hydrogen-bond acceptors (Lipinski definition) is 4. The molecule has 2 aromatic heterocycles. The molecule has 0 radical (unpaired) electrons. The molecule has 26 heavy (non-hydrogen) atoms. The smallest absolute Gasteiger partial charge is 0.329 e. The molecule has 3 N–H and O–H groups in total. The Hall–Kier alpha value is -2.94. The number of nitrogens with zero attached hydrogens (tertiary/aromatic N) is 3. The normalized spacial score (nSPS) is 15.7. The van der Waals surface area contributed by atoms with Crippen LogP contribution in [-0.4, -0.2) is 45.7 Å².